The Labute approximate surface area is 138 Å². The number of hydrogen-bond acceptors (Lipinski definition) is 1. The summed E-state index contributed by atoms with van der Waals surface area (Å²) in [7, 11) is 0. The predicted octanol–water partition coefficient (Wildman–Crippen LogP) is 4.96. The van der Waals surface area contributed by atoms with Crippen LogP contribution in [-0.2, 0) is 11.2 Å². The first kappa shape index (κ1) is 14.9. The van der Waals surface area contributed by atoms with Crippen LogP contribution in [0.4, 0.5) is 5.69 Å². The van der Waals surface area contributed by atoms with Crippen LogP contribution in [0.5, 0.6) is 0 Å². The quantitative estimate of drug-likeness (QED) is 0.699. The van der Waals surface area contributed by atoms with Gasteiger partial charge in [0, 0.05) is 32.8 Å². The van der Waals surface area contributed by atoms with Gasteiger partial charge in [0.05, 0.1) is 6.42 Å². The average molecular weight is 333 g/mol. The number of rotatable bonds is 3. The van der Waals surface area contributed by atoms with Crippen LogP contribution in [0.15, 0.2) is 42.6 Å². The van der Waals surface area contributed by atoms with E-state index in [9.17, 15) is 4.79 Å². The number of carbonyl (C=O) groups is 1. The van der Waals surface area contributed by atoms with E-state index >= 15 is 0 Å². The van der Waals surface area contributed by atoms with Crippen LogP contribution in [0.3, 0.4) is 0 Å². The molecule has 0 fully saturated rings. The van der Waals surface area contributed by atoms with Gasteiger partial charge in [-0.15, -0.1) is 0 Å². The van der Waals surface area contributed by atoms with Crippen molar-refractivity contribution in [3.63, 3.8) is 0 Å². The molecule has 0 saturated heterocycles. The van der Waals surface area contributed by atoms with Crippen LogP contribution in [-0.4, -0.2) is 10.9 Å². The highest BCUT2D eigenvalue weighted by molar-refractivity contribution is 6.32. The van der Waals surface area contributed by atoms with Crippen molar-refractivity contribution < 1.29 is 4.79 Å². The Bertz CT molecular complexity index is 855. The first-order valence-corrected chi connectivity index (χ1v) is 7.60. The fraction of sp³-hybridized carbons (Fsp3) is 0.118. The van der Waals surface area contributed by atoms with Crippen molar-refractivity contribution in [2.24, 2.45) is 0 Å². The second-order valence-electron chi connectivity index (χ2n) is 5.19. The van der Waals surface area contributed by atoms with Gasteiger partial charge in [0.15, 0.2) is 0 Å². The number of aromatic amines is 1. The zero-order valence-corrected chi connectivity index (χ0v) is 13.4. The summed E-state index contributed by atoms with van der Waals surface area (Å²) in [6.45, 7) is 1.92. The fourth-order valence-electron chi connectivity index (χ4n) is 2.35. The van der Waals surface area contributed by atoms with Gasteiger partial charge in [0.1, 0.15) is 0 Å². The van der Waals surface area contributed by atoms with Crippen molar-refractivity contribution >= 4 is 45.7 Å². The molecule has 2 N–H and O–H groups in total. The van der Waals surface area contributed by atoms with Gasteiger partial charge >= 0.3 is 0 Å². The van der Waals surface area contributed by atoms with Crippen molar-refractivity contribution in [1.29, 1.82) is 0 Å². The lowest BCUT2D eigenvalue weighted by Crippen LogP contribution is -2.14. The highest BCUT2D eigenvalue weighted by Crippen LogP contribution is 2.24. The van der Waals surface area contributed by atoms with Crippen molar-refractivity contribution in [3.8, 4) is 0 Å². The molecule has 3 aromatic rings. The SMILES string of the molecule is Cc1ccc(NC(=O)Cc2c[nH]c3ccc(Cl)cc23)cc1Cl. The molecule has 3 rings (SSSR count). The number of aryl methyl sites for hydroxylation is 1. The summed E-state index contributed by atoms with van der Waals surface area (Å²) in [6.07, 6.45) is 2.11. The maximum Gasteiger partial charge on any atom is 0.228 e. The summed E-state index contributed by atoms with van der Waals surface area (Å²) in [5.41, 5.74) is 3.54. The number of carbonyl (C=O) groups excluding carboxylic acids is 1. The third-order valence-corrected chi connectivity index (χ3v) is 4.18. The number of amides is 1. The third kappa shape index (κ3) is 3.11. The van der Waals surface area contributed by atoms with E-state index in [4.69, 9.17) is 23.2 Å². The number of fused-ring (bicyclic) bond motifs is 1. The minimum absolute atomic E-state index is 0.0965. The summed E-state index contributed by atoms with van der Waals surface area (Å²) < 4.78 is 0. The lowest BCUT2D eigenvalue weighted by atomic mass is 10.1. The van der Waals surface area contributed by atoms with Crippen LogP contribution in [0.2, 0.25) is 10.0 Å². The molecule has 0 unspecified atom stereocenters. The fourth-order valence-corrected chi connectivity index (χ4v) is 2.70. The Morgan fingerprint density at radius 1 is 1.18 bits per heavy atom. The summed E-state index contributed by atoms with van der Waals surface area (Å²) >= 11 is 12.1. The molecule has 0 aliphatic heterocycles. The van der Waals surface area contributed by atoms with E-state index in [1.165, 1.54) is 0 Å². The Morgan fingerprint density at radius 2 is 2.00 bits per heavy atom. The molecule has 1 aromatic heterocycles. The minimum atomic E-state index is -0.0965. The zero-order chi connectivity index (χ0) is 15.7. The van der Waals surface area contributed by atoms with E-state index in [0.717, 1.165) is 22.0 Å². The Kier molecular flexibility index (Phi) is 4.10. The average Bonchev–Trinajstić information content (AvgIpc) is 2.85. The molecule has 1 heterocycles. The number of nitrogens with one attached hydrogen (secondary N) is 2. The third-order valence-electron chi connectivity index (χ3n) is 3.54. The summed E-state index contributed by atoms with van der Waals surface area (Å²) in [5.74, 6) is -0.0965. The standard InChI is InChI=1S/C17H14Cl2N2O/c1-10-2-4-13(8-15(10)19)21-17(22)6-11-9-20-16-5-3-12(18)7-14(11)16/h2-5,7-9,20H,6H2,1H3,(H,21,22). The Balaban J connectivity index is 1.78. The molecule has 0 aliphatic rings. The molecule has 112 valence electrons. The van der Waals surface area contributed by atoms with E-state index in [0.29, 0.717) is 15.7 Å². The van der Waals surface area contributed by atoms with E-state index < -0.39 is 0 Å². The molecule has 0 aliphatic carbocycles. The van der Waals surface area contributed by atoms with E-state index in [1.807, 2.05) is 43.5 Å². The summed E-state index contributed by atoms with van der Waals surface area (Å²) in [4.78, 5) is 15.3. The van der Waals surface area contributed by atoms with Gasteiger partial charge in [-0.2, -0.15) is 0 Å². The monoisotopic (exact) mass is 332 g/mol. The van der Waals surface area contributed by atoms with Crippen LogP contribution < -0.4 is 5.32 Å². The molecule has 0 atom stereocenters. The number of H-pyrrole nitrogens is 1. The molecule has 22 heavy (non-hydrogen) atoms. The molecule has 0 spiro atoms. The van der Waals surface area contributed by atoms with Crippen LogP contribution in [0.1, 0.15) is 11.1 Å². The number of hydrogen-bond donors (Lipinski definition) is 2. The predicted molar refractivity (Wildman–Crippen MR) is 91.8 cm³/mol. The van der Waals surface area contributed by atoms with E-state index in [-0.39, 0.29) is 12.3 Å². The molecule has 5 heteroatoms. The molecular weight excluding hydrogens is 319 g/mol. The smallest absolute Gasteiger partial charge is 0.228 e. The Hall–Kier alpha value is -1.97. The second kappa shape index (κ2) is 6.03. The molecule has 0 radical (unpaired) electrons. The topological polar surface area (TPSA) is 44.9 Å². The van der Waals surface area contributed by atoms with E-state index in [2.05, 4.69) is 10.3 Å². The van der Waals surface area contributed by atoms with Gasteiger partial charge in [-0.3, -0.25) is 4.79 Å². The minimum Gasteiger partial charge on any atom is -0.361 e. The van der Waals surface area contributed by atoms with E-state index in [1.54, 1.807) is 6.07 Å². The molecule has 0 saturated carbocycles. The molecule has 3 nitrogen and oxygen atoms in total. The maximum atomic E-state index is 12.2. The van der Waals surface area contributed by atoms with Gasteiger partial charge in [-0.05, 0) is 48.4 Å². The highest BCUT2D eigenvalue weighted by Gasteiger charge is 2.10. The van der Waals surface area contributed by atoms with Crippen LogP contribution in [0, 0.1) is 6.92 Å². The molecular formula is C17H14Cl2N2O. The van der Waals surface area contributed by atoms with Gasteiger partial charge in [0.25, 0.3) is 0 Å². The Morgan fingerprint density at radius 3 is 2.77 bits per heavy atom. The van der Waals surface area contributed by atoms with Gasteiger partial charge < -0.3 is 10.3 Å². The molecule has 1 amide bonds. The first-order valence-electron chi connectivity index (χ1n) is 6.84. The van der Waals surface area contributed by atoms with Crippen molar-refractivity contribution in [1.82, 2.24) is 4.98 Å². The maximum absolute atomic E-state index is 12.2. The zero-order valence-electron chi connectivity index (χ0n) is 11.9. The molecule has 2 aromatic carbocycles. The number of halogens is 2. The second-order valence-corrected chi connectivity index (χ2v) is 6.04. The van der Waals surface area contributed by atoms with Gasteiger partial charge in [0.2, 0.25) is 5.91 Å². The van der Waals surface area contributed by atoms with Crippen LogP contribution in [0.25, 0.3) is 10.9 Å². The van der Waals surface area contributed by atoms with Gasteiger partial charge in [-0.25, -0.2) is 0 Å². The number of anilines is 1. The summed E-state index contributed by atoms with van der Waals surface area (Å²) in [6, 6.07) is 11.0. The van der Waals surface area contributed by atoms with Crippen molar-refractivity contribution in [2.75, 3.05) is 5.32 Å². The highest BCUT2D eigenvalue weighted by atomic mass is 35.5. The normalized spacial score (nSPS) is 10.9. The largest absolute Gasteiger partial charge is 0.361 e. The lowest BCUT2D eigenvalue weighted by Gasteiger charge is -2.06. The lowest BCUT2D eigenvalue weighted by molar-refractivity contribution is -0.115. The van der Waals surface area contributed by atoms with Crippen molar-refractivity contribution in [3.05, 3.63) is 63.8 Å². The van der Waals surface area contributed by atoms with Gasteiger partial charge in [-0.1, -0.05) is 29.3 Å². The first-order chi connectivity index (χ1) is 10.5. The van der Waals surface area contributed by atoms with Crippen molar-refractivity contribution in [2.45, 2.75) is 13.3 Å². The van der Waals surface area contributed by atoms with Crippen LogP contribution >= 0.6 is 23.2 Å². The molecule has 0 bridgehead atoms. The number of benzene rings is 2. The summed E-state index contributed by atoms with van der Waals surface area (Å²) in [5, 5.41) is 5.11. The number of aromatic nitrogens is 1.